The minimum atomic E-state index is -0.246. The van der Waals surface area contributed by atoms with Crippen LogP contribution in [0.1, 0.15) is 24.0 Å². The summed E-state index contributed by atoms with van der Waals surface area (Å²) < 4.78 is 19.3. The Morgan fingerprint density at radius 3 is 2.93 bits per heavy atom. The number of benzene rings is 2. The van der Waals surface area contributed by atoms with Gasteiger partial charge in [-0.05, 0) is 48.6 Å². The van der Waals surface area contributed by atoms with Crippen molar-refractivity contribution >= 4 is 11.6 Å². The smallest absolute Gasteiger partial charge is 0.241 e. The van der Waals surface area contributed by atoms with Crippen LogP contribution >= 0.6 is 0 Å². The molecule has 1 amide bonds. The highest BCUT2D eigenvalue weighted by Gasteiger charge is 2.27. The Hall–Kier alpha value is -2.24. The zero-order chi connectivity index (χ0) is 18.6. The summed E-state index contributed by atoms with van der Waals surface area (Å²) in [6.07, 6.45) is 3.13. The van der Waals surface area contributed by atoms with E-state index in [2.05, 4.69) is 11.0 Å². The van der Waals surface area contributed by atoms with Gasteiger partial charge in [0.05, 0.1) is 12.6 Å². The molecule has 2 heterocycles. The maximum absolute atomic E-state index is 13.6. The third-order valence-corrected chi connectivity index (χ3v) is 5.33. The number of carbonyl (C=O) groups is 1. The van der Waals surface area contributed by atoms with Crippen LogP contribution in [0, 0.1) is 5.82 Å². The second-order valence-electron chi connectivity index (χ2n) is 7.36. The third kappa shape index (κ3) is 4.37. The number of para-hydroxylation sites is 1. The highest BCUT2D eigenvalue weighted by Crippen LogP contribution is 2.27. The van der Waals surface area contributed by atoms with Gasteiger partial charge in [-0.2, -0.15) is 0 Å². The molecule has 0 radical (unpaired) electrons. The van der Waals surface area contributed by atoms with Crippen molar-refractivity contribution in [1.82, 2.24) is 4.90 Å². The lowest BCUT2D eigenvalue weighted by atomic mass is 10.1. The standard InChI is InChI=1S/C22H25FN2O2/c23-19-7-3-5-17(13-19)14-24(15-20-8-4-12-27-20)16-22(26)25-11-10-18-6-1-2-9-21(18)25/h1-3,5-7,9,13,20H,4,8,10-12,14-16H2. The Morgan fingerprint density at radius 1 is 1.22 bits per heavy atom. The van der Waals surface area contributed by atoms with Gasteiger partial charge in [-0.15, -0.1) is 0 Å². The van der Waals surface area contributed by atoms with Crippen LogP contribution in [0.25, 0.3) is 0 Å². The summed E-state index contributed by atoms with van der Waals surface area (Å²) in [6, 6.07) is 14.7. The fourth-order valence-corrected chi connectivity index (χ4v) is 4.03. The molecule has 1 unspecified atom stereocenters. The number of hydrogen-bond donors (Lipinski definition) is 0. The number of ether oxygens (including phenoxy) is 1. The van der Waals surface area contributed by atoms with Gasteiger partial charge >= 0.3 is 0 Å². The van der Waals surface area contributed by atoms with Gasteiger partial charge in [-0.1, -0.05) is 30.3 Å². The van der Waals surface area contributed by atoms with Crippen molar-refractivity contribution in [3.8, 4) is 0 Å². The second kappa shape index (κ2) is 8.19. The van der Waals surface area contributed by atoms with Crippen LogP contribution in [0.5, 0.6) is 0 Å². The summed E-state index contributed by atoms with van der Waals surface area (Å²) in [6.45, 7) is 3.05. The Bertz CT molecular complexity index is 804. The first-order valence-corrected chi connectivity index (χ1v) is 9.66. The molecular weight excluding hydrogens is 343 g/mol. The molecular formula is C22H25FN2O2. The molecule has 0 spiro atoms. The first-order valence-electron chi connectivity index (χ1n) is 9.66. The van der Waals surface area contributed by atoms with E-state index in [1.165, 1.54) is 17.7 Å². The van der Waals surface area contributed by atoms with Gasteiger partial charge in [0.15, 0.2) is 0 Å². The van der Waals surface area contributed by atoms with Gasteiger partial charge in [0.25, 0.3) is 0 Å². The molecule has 0 aliphatic carbocycles. The molecule has 27 heavy (non-hydrogen) atoms. The molecule has 1 fully saturated rings. The van der Waals surface area contributed by atoms with Crippen molar-refractivity contribution in [3.63, 3.8) is 0 Å². The number of fused-ring (bicyclic) bond motifs is 1. The molecule has 0 aromatic heterocycles. The van der Waals surface area contributed by atoms with Crippen LogP contribution < -0.4 is 4.90 Å². The maximum atomic E-state index is 13.6. The van der Waals surface area contributed by atoms with Crippen LogP contribution in [0.15, 0.2) is 48.5 Å². The monoisotopic (exact) mass is 368 g/mol. The van der Waals surface area contributed by atoms with Gasteiger partial charge in [0.1, 0.15) is 5.82 Å². The maximum Gasteiger partial charge on any atom is 0.241 e. The van der Waals surface area contributed by atoms with Crippen molar-refractivity contribution in [2.75, 3.05) is 31.1 Å². The van der Waals surface area contributed by atoms with Gasteiger partial charge in [0, 0.05) is 31.9 Å². The van der Waals surface area contributed by atoms with Crippen LogP contribution in [0.3, 0.4) is 0 Å². The van der Waals surface area contributed by atoms with E-state index >= 15 is 0 Å². The highest BCUT2D eigenvalue weighted by molar-refractivity contribution is 5.96. The number of hydrogen-bond acceptors (Lipinski definition) is 3. The summed E-state index contributed by atoms with van der Waals surface area (Å²) in [5, 5.41) is 0. The molecule has 142 valence electrons. The number of rotatable bonds is 6. The first-order chi connectivity index (χ1) is 13.2. The predicted molar refractivity (Wildman–Crippen MR) is 103 cm³/mol. The molecule has 2 aromatic rings. The van der Waals surface area contributed by atoms with E-state index in [4.69, 9.17) is 4.74 Å². The zero-order valence-corrected chi connectivity index (χ0v) is 15.4. The minimum absolute atomic E-state index is 0.0920. The van der Waals surface area contributed by atoms with Gasteiger partial charge in [0.2, 0.25) is 5.91 Å². The number of nitrogens with zero attached hydrogens (tertiary/aromatic N) is 2. The van der Waals surface area contributed by atoms with E-state index in [1.54, 1.807) is 6.07 Å². The lowest BCUT2D eigenvalue weighted by molar-refractivity contribution is -0.120. The molecule has 2 aliphatic heterocycles. The second-order valence-corrected chi connectivity index (χ2v) is 7.36. The minimum Gasteiger partial charge on any atom is -0.377 e. The molecule has 0 N–H and O–H groups in total. The van der Waals surface area contributed by atoms with E-state index in [9.17, 15) is 9.18 Å². The summed E-state index contributed by atoms with van der Waals surface area (Å²) in [4.78, 5) is 17.0. The van der Waals surface area contributed by atoms with Crippen molar-refractivity contribution in [1.29, 1.82) is 0 Å². The lowest BCUT2D eigenvalue weighted by Gasteiger charge is -2.27. The Morgan fingerprint density at radius 2 is 2.11 bits per heavy atom. The van der Waals surface area contributed by atoms with Gasteiger partial charge < -0.3 is 9.64 Å². The number of anilines is 1. The zero-order valence-electron chi connectivity index (χ0n) is 15.4. The Labute approximate surface area is 159 Å². The highest BCUT2D eigenvalue weighted by atomic mass is 19.1. The molecule has 0 bridgehead atoms. The van der Waals surface area contributed by atoms with E-state index in [1.807, 2.05) is 29.2 Å². The number of carbonyl (C=O) groups excluding carboxylic acids is 1. The average Bonchev–Trinajstić information content (AvgIpc) is 3.31. The molecule has 0 saturated carbocycles. The normalized spacial score (nSPS) is 18.9. The molecule has 1 saturated heterocycles. The molecule has 5 heteroatoms. The molecule has 2 aliphatic rings. The summed E-state index contributed by atoms with van der Waals surface area (Å²) in [7, 11) is 0. The first kappa shape index (κ1) is 18.1. The lowest BCUT2D eigenvalue weighted by Crippen LogP contribution is -2.42. The van der Waals surface area contributed by atoms with E-state index < -0.39 is 0 Å². The SMILES string of the molecule is O=C(CN(Cc1cccc(F)c1)CC1CCCO1)N1CCc2ccccc21. The van der Waals surface area contributed by atoms with Gasteiger partial charge in [-0.3, -0.25) is 9.69 Å². The molecule has 4 nitrogen and oxygen atoms in total. The Balaban J connectivity index is 1.47. The quantitative estimate of drug-likeness (QED) is 0.784. The van der Waals surface area contributed by atoms with Crippen LogP contribution in [-0.2, 0) is 22.5 Å². The van der Waals surface area contributed by atoms with Crippen molar-refractivity contribution in [3.05, 3.63) is 65.5 Å². The summed E-state index contributed by atoms with van der Waals surface area (Å²) in [5.74, 6) is -0.154. The molecule has 1 atom stereocenters. The third-order valence-electron chi connectivity index (χ3n) is 5.33. The number of halogens is 1. The van der Waals surface area contributed by atoms with Crippen molar-refractivity contribution < 1.29 is 13.9 Å². The van der Waals surface area contributed by atoms with Crippen LogP contribution in [0.2, 0.25) is 0 Å². The van der Waals surface area contributed by atoms with Crippen LogP contribution in [0.4, 0.5) is 10.1 Å². The predicted octanol–water partition coefficient (Wildman–Crippen LogP) is 3.40. The summed E-state index contributed by atoms with van der Waals surface area (Å²) >= 11 is 0. The molecule has 4 rings (SSSR count). The van der Waals surface area contributed by atoms with Gasteiger partial charge in [-0.25, -0.2) is 4.39 Å². The van der Waals surface area contributed by atoms with E-state index in [0.29, 0.717) is 19.6 Å². The Kier molecular flexibility index (Phi) is 5.50. The average molecular weight is 368 g/mol. The topological polar surface area (TPSA) is 32.8 Å². The largest absolute Gasteiger partial charge is 0.377 e. The molecule has 2 aromatic carbocycles. The fourth-order valence-electron chi connectivity index (χ4n) is 4.03. The van der Waals surface area contributed by atoms with Crippen molar-refractivity contribution in [2.45, 2.75) is 31.9 Å². The van der Waals surface area contributed by atoms with Crippen LogP contribution in [-0.4, -0.2) is 43.2 Å². The van der Waals surface area contributed by atoms with E-state index in [0.717, 1.165) is 43.7 Å². The number of amides is 1. The van der Waals surface area contributed by atoms with Crippen molar-refractivity contribution in [2.24, 2.45) is 0 Å². The van der Waals surface area contributed by atoms with E-state index in [-0.39, 0.29) is 17.8 Å². The fraction of sp³-hybridized carbons (Fsp3) is 0.409. The summed E-state index contributed by atoms with van der Waals surface area (Å²) in [5.41, 5.74) is 3.12.